The van der Waals surface area contributed by atoms with Gasteiger partial charge in [0.25, 0.3) is 0 Å². The number of carboxylic acids is 1. The van der Waals surface area contributed by atoms with E-state index in [2.05, 4.69) is 0 Å². The molecule has 0 saturated heterocycles. The fraction of sp³-hybridized carbons (Fsp3) is 0.333. The van der Waals surface area contributed by atoms with Crippen LogP contribution in [-0.4, -0.2) is 36.4 Å². The molecular formula is C12H14FNO5S. The first kappa shape index (κ1) is 16.1. The van der Waals surface area contributed by atoms with Crippen LogP contribution in [-0.2, 0) is 14.6 Å². The molecule has 0 fully saturated rings. The van der Waals surface area contributed by atoms with Gasteiger partial charge in [-0.05, 0) is 26.0 Å². The lowest BCUT2D eigenvalue weighted by atomic mass is 10.1. The lowest BCUT2D eigenvalue weighted by molar-refractivity contribution is -0.117. The summed E-state index contributed by atoms with van der Waals surface area (Å²) in [7, 11) is -3.75. The topological polar surface area (TPSA) is 101 Å². The van der Waals surface area contributed by atoms with E-state index < -0.39 is 43.5 Å². The van der Waals surface area contributed by atoms with Crippen molar-refractivity contribution in [2.45, 2.75) is 18.6 Å². The zero-order valence-electron chi connectivity index (χ0n) is 11.1. The fourth-order valence-corrected chi connectivity index (χ4v) is 1.65. The number of anilines is 1. The maximum atomic E-state index is 13.6. The Balaban J connectivity index is 3.25. The third kappa shape index (κ3) is 2.96. The number of para-hydroxylation sites is 1. The summed E-state index contributed by atoms with van der Waals surface area (Å²) in [5, 5.41) is 11.0. The van der Waals surface area contributed by atoms with Crippen molar-refractivity contribution in [3.63, 3.8) is 0 Å². The molecular weight excluding hydrogens is 289 g/mol. The Kier molecular flexibility index (Phi) is 4.18. The number of carbonyl (C=O) groups is 2. The van der Waals surface area contributed by atoms with Gasteiger partial charge in [0, 0.05) is 6.26 Å². The molecule has 20 heavy (non-hydrogen) atoms. The van der Waals surface area contributed by atoms with Crippen molar-refractivity contribution in [1.29, 1.82) is 0 Å². The molecule has 0 aromatic heterocycles. The fourth-order valence-electron chi connectivity index (χ4n) is 1.26. The van der Waals surface area contributed by atoms with Crippen LogP contribution in [0, 0.1) is 5.82 Å². The number of rotatable bonds is 4. The molecule has 0 unspecified atom stereocenters. The lowest BCUT2D eigenvalue weighted by Crippen LogP contribution is -2.44. The van der Waals surface area contributed by atoms with E-state index in [0.29, 0.717) is 0 Å². The van der Waals surface area contributed by atoms with Gasteiger partial charge in [-0.3, -0.25) is 4.79 Å². The number of hydrogen-bond donors (Lipinski definition) is 2. The van der Waals surface area contributed by atoms with Crippen LogP contribution in [0.25, 0.3) is 0 Å². The summed E-state index contributed by atoms with van der Waals surface area (Å²) >= 11 is 0. The van der Waals surface area contributed by atoms with Crippen molar-refractivity contribution in [2.75, 3.05) is 11.6 Å². The van der Waals surface area contributed by atoms with Gasteiger partial charge in [-0.25, -0.2) is 17.6 Å². The first-order valence-corrected chi connectivity index (χ1v) is 7.40. The molecule has 8 heteroatoms. The molecule has 1 amide bonds. The van der Waals surface area contributed by atoms with E-state index in [4.69, 9.17) is 5.11 Å². The van der Waals surface area contributed by atoms with Crippen molar-refractivity contribution in [3.8, 4) is 0 Å². The molecule has 1 aromatic carbocycles. The van der Waals surface area contributed by atoms with Crippen LogP contribution in [0.15, 0.2) is 18.2 Å². The van der Waals surface area contributed by atoms with E-state index in [1.807, 2.05) is 5.32 Å². The van der Waals surface area contributed by atoms with Crippen molar-refractivity contribution in [1.82, 2.24) is 0 Å². The number of nitrogens with one attached hydrogen (secondary N) is 1. The van der Waals surface area contributed by atoms with E-state index in [-0.39, 0.29) is 0 Å². The Hall–Kier alpha value is -1.96. The molecule has 0 saturated carbocycles. The van der Waals surface area contributed by atoms with E-state index in [1.54, 1.807) is 0 Å². The van der Waals surface area contributed by atoms with E-state index in [1.165, 1.54) is 6.07 Å². The second-order valence-electron chi connectivity index (χ2n) is 4.70. The summed E-state index contributed by atoms with van der Waals surface area (Å²) < 4.78 is 34.8. The van der Waals surface area contributed by atoms with Gasteiger partial charge in [-0.1, -0.05) is 6.07 Å². The summed E-state index contributed by atoms with van der Waals surface area (Å²) in [5.74, 6) is -3.40. The molecule has 0 heterocycles. The largest absolute Gasteiger partial charge is 0.478 e. The second kappa shape index (κ2) is 5.20. The zero-order chi connectivity index (χ0) is 15.7. The molecule has 1 aromatic rings. The maximum Gasteiger partial charge on any atom is 0.337 e. The molecule has 0 radical (unpaired) electrons. The highest BCUT2D eigenvalue weighted by Crippen LogP contribution is 2.23. The number of amides is 1. The van der Waals surface area contributed by atoms with Crippen LogP contribution in [0.1, 0.15) is 24.2 Å². The highest BCUT2D eigenvalue weighted by Gasteiger charge is 2.39. The summed E-state index contributed by atoms with van der Waals surface area (Å²) in [6.07, 6.45) is 0.867. The van der Waals surface area contributed by atoms with Crippen molar-refractivity contribution < 1.29 is 27.5 Å². The van der Waals surface area contributed by atoms with Gasteiger partial charge in [0.1, 0.15) is 10.6 Å². The van der Waals surface area contributed by atoms with E-state index in [0.717, 1.165) is 32.2 Å². The number of sulfone groups is 1. The number of carboxylic acid groups (broad SMARTS) is 1. The van der Waals surface area contributed by atoms with Crippen LogP contribution in [0.5, 0.6) is 0 Å². The Bertz CT molecular complexity index is 666. The van der Waals surface area contributed by atoms with Gasteiger partial charge in [0.05, 0.1) is 11.3 Å². The van der Waals surface area contributed by atoms with E-state index in [9.17, 15) is 22.4 Å². The quantitative estimate of drug-likeness (QED) is 0.872. The molecule has 6 nitrogen and oxygen atoms in total. The monoisotopic (exact) mass is 303 g/mol. The molecule has 0 aliphatic heterocycles. The standard InChI is InChI=1S/C12H14FNO5S/c1-12(2,20(3,18)19)11(17)14-9-7(10(15)16)5-4-6-8(9)13/h4-6H,1-3H3,(H,14,17)(H,15,16). The minimum Gasteiger partial charge on any atom is -0.478 e. The Labute approximate surface area is 115 Å². The minimum absolute atomic E-state index is 0.456. The SMILES string of the molecule is CC(C)(C(=O)Nc1c(F)cccc1C(=O)O)S(C)(=O)=O. The van der Waals surface area contributed by atoms with Crippen molar-refractivity contribution in [2.24, 2.45) is 0 Å². The first-order valence-electron chi connectivity index (χ1n) is 5.51. The molecule has 0 aliphatic carbocycles. The number of halogens is 1. The molecule has 1 rings (SSSR count). The summed E-state index contributed by atoms with van der Waals surface area (Å²) in [6, 6.07) is 3.25. The number of benzene rings is 1. The van der Waals surface area contributed by atoms with Gasteiger partial charge < -0.3 is 10.4 Å². The first-order chi connectivity index (χ1) is 8.98. The molecule has 0 bridgehead atoms. The zero-order valence-corrected chi connectivity index (χ0v) is 11.9. The van der Waals surface area contributed by atoms with Crippen molar-refractivity contribution >= 4 is 27.4 Å². The van der Waals surface area contributed by atoms with Gasteiger partial charge >= 0.3 is 5.97 Å². The average molecular weight is 303 g/mol. The van der Waals surface area contributed by atoms with Crippen LogP contribution in [0.4, 0.5) is 10.1 Å². The van der Waals surface area contributed by atoms with Crippen molar-refractivity contribution in [3.05, 3.63) is 29.6 Å². The van der Waals surface area contributed by atoms with Crippen LogP contribution in [0.3, 0.4) is 0 Å². The smallest absolute Gasteiger partial charge is 0.337 e. The molecule has 2 N–H and O–H groups in total. The maximum absolute atomic E-state index is 13.6. The third-order valence-corrected chi connectivity index (χ3v) is 5.00. The number of hydrogen-bond acceptors (Lipinski definition) is 4. The Morgan fingerprint density at radius 1 is 1.30 bits per heavy atom. The van der Waals surface area contributed by atoms with Gasteiger partial charge in [0.15, 0.2) is 9.84 Å². The Morgan fingerprint density at radius 2 is 1.85 bits per heavy atom. The number of carbonyl (C=O) groups excluding carboxylic acids is 1. The summed E-state index contributed by atoms with van der Waals surface area (Å²) in [4.78, 5) is 22.9. The van der Waals surface area contributed by atoms with Crippen LogP contribution in [0.2, 0.25) is 0 Å². The van der Waals surface area contributed by atoms with Gasteiger partial charge in [-0.15, -0.1) is 0 Å². The normalized spacial score (nSPS) is 12.0. The third-order valence-electron chi connectivity index (χ3n) is 2.96. The highest BCUT2D eigenvalue weighted by atomic mass is 32.2. The highest BCUT2D eigenvalue weighted by molar-refractivity contribution is 7.92. The molecule has 0 atom stereocenters. The summed E-state index contributed by atoms with van der Waals surface area (Å²) in [5.41, 5.74) is -1.01. The van der Waals surface area contributed by atoms with Crippen LogP contribution >= 0.6 is 0 Å². The molecule has 110 valence electrons. The lowest BCUT2D eigenvalue weighted by Gasteiger charge is -2.22. The van der Waals surface area contributed by atoms with E-state index >= 15 is 0 Å². The van der Waals surface area contributed by atoms with Gasteiger partial charge in [-0.2, -0.15) is 0 Å². The second-order valence-corrected chi connectivity index (χ2v) is 7.27. The average Bonchev–Trinajstić information content (AvgIpc) is 2.29. The molecule has 0 spiro atoms. The van der Waals surface area contributed by atoms with Crippen LogP contribution < -0.4 is 5.32 Å². The Morgan fingerprint density at radius 3 is 2.30 bits per heavy atom. The van der Waals surface area contributed by atoms with Gasteiger partial charge in [0.2, 0.25) is 5.91 Å². The molecule has 0 aliphatic rings. The number of aromatic carboxylic acids is 1. The minimum atomic E-state index is -3.75. The summed E-state index contributed by atoms with van der Waals surface area (Å²) in [6.45, 7) is 2.30. The predicted molar refractivity (Wildman–Crippen MR) is 70.9 cm³/mol. The predicted octanol–water partition coefficient (Wildman–Crippen LogP) is 1.29.